The Morgan fingerprint density at radius 2 is 1.85 bits per heavy atom. The van der Waals surface area contributed by atoms with E-state index < -0.39 is 0 Å². The van der Waals surface area contributed by atoms with Crippen molar-refractivity contribution in [1.82, 2.24) is 25.0 Å². The smallest absolute Gasteiger partial charge is 0.270 e. The summed E-state index contributed by atoms with van der Waals surface area (Å²) in [5.41, 5.74) is 1.50. The van der Waals surface area contributed by atoms with Crippen molar-refractivity contribution in [3.05, 3.63) is 30.0 Å². The van der Waals surface area contributed by atoms with Gasteiger partial charge in [0.25, 0.3) is 5.91 Å². The molecule has 2 aliphatic heterocycles. The number of methoxy groups -OCH3 is 1. The number of rotatable bonds is 8. The number of likely N-dealkylation sites (N-methyl/N-ethyl adjacent to an activating group) is 1. The Kier molecular flexibility index (Phi) is 8.11. The van der Waals surface area contributed by atoms with Crippen LogP contribution in [0.2, 0.25) is 0 Å². The number of fused-ring (bicyclic) bond motifs is 1. The number of nitrogens with zero attached hydrogens (tertiary/aromatic N) is 3. The molecule has 2 amide bonds. The zero-order valence-electron chi connectivity index (χ0n) is 20.8. The first-order chi connectivity index (χ1) is 16.4. The van der Waals surface area contributed by atoms with Crippen molar-refractivity contribution >= 4 is 22.7 Å². The van der Waals surface area contributed by atoms with Gasteiger partial charge >= 0.3 is 0 Å². The summed E-state index contributed by atoms with van der Waals surface area (Å²) in [5, 5.41) is 4.14. The quantitative estimate of drug-likeness (QED) is 0.581. The number of amides is 2. The molecule has 1 aromatic carbocycles. The van der Waals surface area contributed by atoms with Crippen molar-refractivity contribution in [1.29, 1.82) is 0 Å². The number of hydrogen-bond donors (Lipinski definition) is 2. The summed E-state index contributed by atoms with van der Waals surface area (Å²) in [6, 6.07) is 7.67. The van der Waals surface area contributed by atoms with Crippen molar-refractivity contribution in [2.75, 3.05) is 66.5 Å². The van der Waals surface area contributed by atoms with Crippen LogP contribution in [0.5, 0.6) is 5.75 Å². The van der Waals surface area contributed by atoms with Gasteiger partial charge in [-0.25, -0.2) is 0 Å². The first-order valence-electron chi connectivity index (χ1n) is 12.6. The second-order valence-electron chi connectivity index (χ2n) is 9.84. The third-order valence-corrected chi connectivity index (χ3v) is 7.55. The maximum absolute atomic E-state index is 13.0. The van der Waals surface area contributed by atoms with Gasteiger partial charge in [0, 0.05) is 68.7 Å². The molecule has 2 aliphatic rings. The predicted molar refractivity (Wildman–Crippen MR) is 134 cm³/mol. The molecule has 8 nitrogen and oxygen atoms in total. The summed E-state index contributed by atoms with van der Waals surface area (Å²) in [6.07, 6.45) is 2.71. The highest BCUT2D eigenvalue weighted by molar-refractivity contribution is 5.98. The number of hydrogen-bond acceptors (Lipinski definition) is 5. The summed E-state index contributed by atoms with van der Waals surface area (Å²) in [7, 11) is 3.80. The number of nitrogens with one attached hydrogen (secondary N) is 2. The normalized spacial score (nSPS) is 19.3. The molecule has 0 unspecified atom stereocenters. The Hall–Kier alpha value is -2.58. The lowest BCUT2D eigenvalue weighted by Crippen LogP contribution is -2.45. The number of piperazine rings is 1. The summed E-state index contributed by atoms with van der Waals surface area (Å²) in [6.45, 7) is 9.66. The molecule has 4 rings (SSSR count). The van der Waals surface area contributed by atoms with Crippen LogP contribution in [0.1, 0.15) is 36.7 Å². The molecular weight excluding hydrogens is 430 g/mol. The molecule has 0 aliphatic carbocycles. The summed E-state index contributed by atoms with van der Waals surface area (Å²) < 4.78 is 5.27. The molecule has 2 saturated heterocycles. The number of aromatic amines is 1. The lowest BCUT2D eigenvalue weighted by molar-refractivity contribution is -0.126. The van der Waals surface area contributed by atoms with Crippen LogP contribution < -0.4 is 10.1 Å². The lowest BCUT2D eigenvalue weighted by atomic mass is 9.84. The molecule has 8 heteroatoms. The second kappa shape index (κ2) is 11.2. The fourth-order valence-corrected chi connectivity index (χ4v) is 5.08. The number of benzene rings is 1. The van der Waals surface area contributed by atoms with Crippen molar-refractivity contribution in [2.24, 2.45) is 11.8 Å². The number of aromatic nitrogens is 1. The fourth-order valence-electron chi connectivity index (χ4n) is 5.08. The van der Waals surface area contributed by atoms with Crippen LogP contribution in [0.3, 0.4) is 0 Å². The van der Waals surface area contributed by atoms with Gasteiger partial charge in [0.05, 0.1) is 7.11 Å². The molecule has 1 aromatic heterocycles. The van der Waals surface area contributed by atoms with E-state index in [0.717, 1.165) is 75.2 Å². The van der Waals surface area contributed by atoms with Gasteiger partial charge < -0.3 is 29.7 Å². The number of carbonyl (C=O) groups excluding carboxylic acids is 2. The highest BCUT2D eigenvalue weighted by Gasteiger charge is 2.30. The molecule has 186 valence electrons. The molecule has 34 heavy (non-hydrogen) atoms. The maximum Gasteiger partial charge on any atom is 0.270 e. The van der Waals surface area contributed by atoms with Gasteiger partial charge in [-0.1, -0.05) is 6.92 Å². The molecule has 0 bridgehead atoms. The monoisotopic (exact) mass is 469 g/mol. The van der Waals surface area contributed by atoms with Gasteiger partial charge in [-0.15, -0.1) is 0 Å². The lowest BCUT2D eigenvalue weighted by Gasteiger charge is -2.34. The standard InChI is InChI=1S/C26H39N5O3/c1-19(25(32)27-9-4-10-30-15-13-29(2)14-16-30)20-7-11-31(12-8-20)26(33)24-17-21-5-6-22(34-3)18-23(21)28-24/h5-6,17-20,28H,4,7-16H2,1-3H3,(H,27,32)/t19-/m1/s1. The molecule has 1 atom stereocenters. The van der Waals surface area contributed by atoms with E-state index in [4.69, 9.17) is 4.74 Å². The third-order valence-electron chi connectivity index (χ3n) is 7.55. The molecule has 0 spiro atoms. The van der Waals surface area contributed by atoms with Crippen molar-refractivity contribution < 1.29 is 14.3 Å². The Labute approximate surface area is 202 Å². The SMILES string of the molecule is COc1ccc2cc(C(=O)N3CCC([C@@H](C)C(=O)NCCCN4CCN(C)CC4)CC3)[nH]c2c1. The molecule has 2 aromatic rings. The highest BCUT2D eigenvalue weighted by atomic mass is 16.5. The van der Waals surface area contributed by atoms with Crippen molar-refractivity contribution in [3.63, 3.8) is 0 Å². The minimum absolute atomic E-state index is 0.0228. The number of carbonyl (C=O) groups is 2. The average Bonchev–Trinajstić information content (AvgIpc) is 3.30. The van der Waals surface area contributed by atoms with Gasteiger partial charge in [-0.2, -0.15) is 0 Å². The van der Waals surface area contributed by atoms with Gasteiger partial charge in [0.15, 0.2) is 0 Å². The number of ether oxygens (including phenoxy) is 1. The molecular formula is C26H39N5O3. The first-order valence-corrected chi connectivity index (χ1v) is 12.6. The number of piperidine rings is 1. The van der Waals surface area contributed by atoms with Gasteiger partial charge in [-0.05, 0) is 57.0 Å². The highest BCUT2D eigenvalue weighted by Crippen LogP contribution is 2.27. The molecule has 2 N–H and O–H groups in total. The third kappa shape index (κ3) is 5.91. The van der Waals surface area contributed by atoms with Crippen LogP contribution in [0.25, 0.3) is 10.9 Å². The Morgan fingerprint density at radius 3 is 2.56 bits per heavy atom. The zero-order chi connectivity index (χ0) is 24.1. The van der Waals surface area contributed by atoms with E-state index in [1.807, 2.05) is 36.1 Å². The minimum atomic E-state index is -0.0265. The van der Waals surface area contributed by atoms with E-state index >= 15 is 0 Å². The number of H-pyrrole nitrogens is 1. The van der Waals surface area contributed by atoms with E-state index in [2.05, 4.69) is 27.1 Å². The second-order valence-corrected chi connectivity index (χ2v) is 9.84. The van der Waals surface area contributed by atoms with Crippen molar-refractivity contribution in [2.45, 2.75) is 26.2 Å². The average molecular weight is 470 g/mol. The molecule has 0 radical (unpaired) electrons. The van der Waals surface area contributed by atoms with Crippen LogP contribution in [-0.2, 0) is 4.79 Å². The Balaban J connectivity index is 1.19. The van der Waals surface area contributed by atoms with E-state index in [0.29, 0.717) is 24.7 Å². The molecule has 3 heterocycles. The van der Waals surface area contributed by atoms with Crippen LogP contribution in [0.15, 0.2) is 24.3 Å². The maximum atomic E-state index is 13.0. The zero-order valence-corrected chi connectivity index (χ0v) is 20.8. The fraction of sp³-hybridized carbons (Fsp3) is 0.615. The Morgan fingerprint density at radius 1 is 1.12 bits per heavy atom. The minimum Gasteiger partial charge on any atom is -0.497 e. The summed E-state index contributed by atoms with van der Waals surface area (Å²) in [4.78, 5) is 35.7. The molecule has 0 saturated carbocycles. The van der Waals surface area contributed by atoms with Gasteiger partial charge in [0.2, 0.25) is 5.91 Å². The topological polar surface area (TPSA) is 80.9 Å². The first kappa shape index (κ1) is 24.5. The van der Waals surface area contributed by atoms with E-state index in [1.165, 1.54) is 0 Å². The number of likely N-dealkylation sites (tertiary alicyclic amines) is 1. The van der Waals surface area contributed by atoms with Crippen LogP contribution in [-0.4, -0.2) is 98.0 Å². The van der Waals surface area contributed by atoms with Gasteiger partial charge in [-0.3, -0.25) is 9.59 Å². The summed E-state index contributed by atoms with van der Waals surface area (Å²) in [5.74, 6) is 1.22. The van der Waals surface area contributed by atoms with Gasteiger partial charge in [0.1, 0.15) is 11.4 Å². The van der Waals surface area contributed by atoms with Crippen LogP contribution in [0.4, 0.5) is 0 Å². The summed E-state index contributed by atoms with van der Waals surface area (Å²) >= 11 is 0. The van der Waals surface area contributed by atoms with E-state index in [1.54, 1.807) is 7.11 Å². The largest absolute Gasteiger partial charge is 0.497 e. The van der Waals surface area contributed by atoms with Crippen LogP contribution in [0, 0.1) is 11.8 Å². The van der Waals surface area contributed by atoms with Crippen LogP contribution >= 0.6 is 0 Å². The Bertz CT molecular complexity index is 974. The van der Waals surface area contributed by atoms with E-state index in [-0.39, 0.29) is 17.7 Å². The van der Waals surface area contributed by atoms with Crippen molar-refractivity contribution in [3.8, 4) is 5.75 Å². The van der Waals surface area contributed by atoms with E-state index in [9.17, 15) is 9.59 Å². The molecule has 2 fully saturated rings. The predicted octanol–water partition coefficient (Wildman–Crippen LogP) is 2.42.